The molecule has 0 aromatic heterocycles. The molecule has 2 rings (SSSR count). The van der Waals surface area contributed by atoms with Crippen LogP contribution in [0.25, 0.3) is 0 Å². The van der Waals surface area contributed by atoms with Crippen LogP contribution >= 0.6 is 0 Å². The Bertz CT molecular complexity index is 433. The van der Waals surface area contributed by atoms with E-state index in [1.165, 1.54) is 24.0 Å². The first-order valence-corrected chi connectivity index (χ1v) is 6.27. The van der Waals surface area contributed by atoms with Gasteiger partial charge in [0, 0.05) is 6.21 Å². The Morgan fingerprint density at radius 2 is 2.12 bits per heavy atom. The van der Waals surface area contributed by atoms with Crippen molar-refractivity contribution in [2.45, 2.75) is 33.1 Å². The molecule has 0 heterocycles. The predicted molar refractivity (Wildman–Crippen MR) is 74.5 cm³/mol. The summed E-state index contributed by atoms with van der Waals surface area (Å²) in [5.41, 5.74) is 6.78. The zero-order chi connectivity index (χ0) is 12.1. The van der Waals surface area contributed by atoms with Crippen molar-refractivity contribution in [2.75, 3.05) is 5.43 Å². The first kappa shape index (κ1) is 11.9. The number of hydrogen-bond donors (Lipinski definition) is 1. The lowest BCUT2D eigenvalue weighted by Crippen LogP contribution is -2.05. The van der Waals surface area contributed by atoms with Gasteiger partial charge >= 0.3 is 0 Å². The third-order valence-electron chi connectivity index (χ3n) is 3.30. The van der Waals surface area contributed by atoms with Gasteiger partial charge in [0.25, 0.3) is 0 Å². The Labute approximate surface area is 103 Å². The third kappa shape index (κ3) is 3.45. The summed E-state index contributed by atoms with van der Waals surface area (Å²) in [6.45, 7) is 4.24. The number of benzene rings is 1. The summed E-state index contributed by atoms with van der Waals surface area (Å²) in [6.07, 6.45) is 10.1. The van der Waals surface area contributed by atoms with Crippen molar-refractivity contribution in [3.63, 3.8) is 0 Å². The van der Waals surface area contributed by atoms with E-state index in [1.807, 2.05) is 6.21 Å². The fraction of sp³-hybridized carbons (Fsp3) is 0.400. The fourth-order valence-corrected chi connectivity index (χ4v) is 1.98. The molecule has 0 amide bonds. The van der Waals surface area contributed by atoms with Gasteiger partial charge in [-0.3, -0.25) is 5.43 Å². The van der Waals surface area contributed by atoms with Gasteiger partial charge in [0.2, 0.25) is 0 Å². The van der Waals surface area contributed by atoms with Crippen molar-refractivity contribution in [1.29, 1.82) is 0 Å². The molecule has 2 heteroatoms. The van der Waals surface area contributed by atoms with Gasteiger partial charge in [0.05, 0.1) is 5.69 Å². The largest absolute Gasteiger partial charge is 0.279 e. The van der Waals surface area contributed by atoms with E-state index >= 15 is 0 Å². The molecule has 0 saturated carbocycles. The number of aryl methyl sites for hydroxylation is 2. The predicted octanol–water partition coefficient (Wildman–Crippen LogP) is 4.06. The van der Waals surface area contributed by atoms with E-state index in [4.69, 9.17) is 0 Å². The van der Waals surface area contributed by atoms with Crippen molar-refractivity contribution in [2.24, 2.45) is 11.0 Å². The lowest BCUT2D eigenvalue weighted by atomic mass is 9.96. The Kier molecular flexibility index (Phi) is 3.97. The number of nitrogens with zero attached hydrogens (tertiary/aromatic N) is 1. The minimum atomic E-state index is 0.596. The topological polar surface area (TPSA) is 24.4 Å². The first-order valence-electron chi connectivity index (χ1n) is 6.27. The summed E-state index contributed by atoms with van der Waals surface area (Å²) < 4.78 is 0. The van der Waals surface area contributed by atoms with E-state index in [-0.39, 0.29) is 0 Å². The normalized spacial score (nSPS) is 19.8. The minimum absolute atomic E-state index is 0.596. The minimum Gasteiger partial charge on any atom is -0.279 e. The van der Waals surface area contributed by atoms with Crippen LogP contribution in [0.4, 0.5) is 5.69 Å². The number of hydrogen-bond acceptors (Lipinski definition) is 2. The van der Waals surface area contributed by atoms with Gasteiger partial charge in [0.1, 0.15) is 0 Å². The summed E-state index contributed by atoms with van der Waals surface area (Å²) >= 11 is 0. The van der Waals surface area contributed by atoms with Gasteiger partial charge in [0.15, 0.2) is 0 Å². The number of rotatable bonds is 3. The number of hydrazone groups is 1. The maximum Gasteiger partial charge on any atom is 0.0564 e. The van der Waals surface area contributed by atoms with Gasteiger partial charge in [-0.1, -0.05) is 18.2 Å². The van der Waals surface area contributed by atoms with Crippen LogP contribution in [-0.4, -0.2) is 6.21 Å². The maximum absolute atomic E-state index is 4.33. The van der Waals surface area contributed by atoms with Crippen molar-refractivity contribution in [3.05, 3.63) is 41.5 Å². The molecule has 1 aliphatic carbocycles. The first-order chi connectivity index (χ1) is 8.25. The van der Waals surface area contributed by atoms with E-state index in [0.29, 0.717) is 5.92 Å². The molecule has 0 bridgehead atoms. The van der Waals surface area contributed by atoms with E-state index in [0.717, 1.165) is 12.1 Å². The van der Waals surface area contributed by atoms with Crippen LogP contribution in [0.5, 0.6) is 0 Å². The molecule has 0 fully saturated rings. The molecule has 0 spiro atoms. The lowest BCUT2D eigenvalue weighted by Gasteiger charge is -2.12. The van der Waals surface area contributed by atoms with Crippen LogP contribution in [0.15, 0.2) is 35.5 Å². The molecule has 0 saturated heterocycles. The van der Waals surface area contributed by atoms with Crippen LogP contribution in [-0.2, 0) is 0 Å². The van der Waals surface area contributed by atoms with Crippen molar-refractivity contribution < 1.29 is 0 Å². The number of allylic oxidation sites excluding steroid dienone is 2. The highest BCUT2D eigenvalue weighted by Crippen LogP contribution is 2.17. The zero-order valence-corrected chi connectivity index (χ0v) is 10.6. The van der Waals surface area contributed by atoms with Crippen LogP contribution in [0.3, 0.4) is 0 Å². The molecule has 2 nitrogen and oxygen atoms in total. The number of nitrogens with one attached hydrogen (secondary N) is 1. The molecule has 1 atom stereocenters. The van der Waals surface area contributed by atoms with Crippen LogP contribution < -0.4 is 5.43 Å². The third-order valence-corrected chi connectivity index (χ3v) is 3.30. The van der Waals surface area contributed by atoms with E-state index in [1.54, 1.807) is 0 Å². The summed E-state index contributed by atoms with van der Waals surface area (Å²) in [5.74, 6) is 0.596. The molecule has 1 aliphatic rings. The Balaban J connectivity index is 1.90. The molecular weight excluding hydrogens is 208 g/mol. The van der Waals surface area contributed by atoms with Gasteiger partial charge in [-0.15, -0.1) is 0 Å². The SMILES string of the molecule is Cc1ccc(NN=CC2CC=CCC2)cc1C. The maximum atomic E-state index is 4.33. The van der Waals surface area contributed by atoms with Crippen molar-refractivity contribution in [3.8, 4) is 0 Å². The Morgan fingerprint density at radius 3 is 2.82 bits per heavy atom. The van der Waals surface area contributed by atoms with E-state index < -0.39 is 0 Å². The molecule has 1 aromatic rings. The molecule has 1 aromatic carbocycles. The van der Waals surface area contributed by atoms with Crippen LogP contribution in [0.1, 0.15) is 30.4 Å². The quantitative estimate of drug-likeness (QED) is 0.471. The van der Waals surface area contributed by atoms with Crippen molar-refractivity contribution in [1.82, 2.24) is 0 Å². The molecule has 90 valence electrons. The highest BCUT2D eigenvalue weighted by molar-refractivity contribution is 5.63. The monoisotopic (exact) mass is 228 g/mol. The summed E-state index contributed by atoms with van der Waals surface area (Å²) in [7, 11) is 0. The van der Waals surface area contributed by atoms with Gasteiger partial charge < -0.3 is 0 Å². The Morgan fingerprint density at radius 1 is 1.24 bits per heavy atom. The lowest BCUT2D eigenvalue weighted by molar-refractivity contribution is 0.627. The van der Waals surface area contributed by atoms with E-state index in [9.17, 15) is 0 Å². The standard InChI is InChI=1S/C15H20N2/c1-12-8-9-15(10-13(12)2)17-16-11-14-6-4-3-5-7-14/h3-4,8-11,14,17H,5-7H2,1-2H3. The zero-order valence-electron chi connectivity index (χ0n) is 10.6. The molecule has 1 unspecified atom stereocenters. The highest BCUT2D eigenvalue weighted by atomic mass is 15.3. The second-order valence-electron chi connectivity index (χ2n) is 4.73. The second kappa shape index (κ2) is 5.67. The van der Waals surface area contributed by atoms with Crippen LogP contribution in [0.2, 0.25) is 0 Å². The average Bonchev–Trinajstić information content (AvgIpc) is 2.35. The van der Waals surface area contributed by atoms with Gasteiger partial charge in [-0.05, 0) is 62.3 Å². The smallest absolute Gasteiger partial charge is 0.0564 e. The highest BCUT2D eigenvalue weighted by Gasteiger charge is 2.05. The Hall–Kier alpha value is -1.57. The molecular formula is C15H20N2. The van der Waals surface area contributed by atoms with Crippen molar-refractivity contribution >= 4 is 11.9 Å². The second-order valence-corrected chi connectivity index (χ2v) is 4.73. The molecule has 0 radical (unpaired) electrons. The summed E-state index contributed by atoms with van der Waals surface area (Å²) in [5, 5.41) is 4.33. The molecule has 0 aliphatic heterocycles. The van der Waals surface area contributed by atoms with Crippen LogP contribution in [0, 0.1) is 19.8 Å². The summed E-state index contributed by atoms with van der Waals surface area (Å²) in [6, 6.07) is 6.32. The summed E-state index contributed by atoms with van der Waals surface area (Å²) in [4.78, 5) is 0. The molecule has 1 N–H and O–H groups in total. The van der Waals surface area contributed by atoms with Gasteiger partial charge in [-0.2, -0.15) is 5.10 Å². The van der Waals surface area contributed by atoms with Gasteiger partial charge in [-0.25, -0.2) is 0 Å². The molecule has 17 heavy (non-hydrogen) atoms. The van der Waals surface area contributed by atoms with E-state index in [2.05, 4.69) is 54.7 Å². The fourth-order valence-electron chi connectivity index (χ4n) is 1.98. The number of anilines is 1. The average molecular weight is 228 g/mol.